The van der Waals surface area contributed by atoms with Gasteiger partial charge in [-0.25, -0.2) is 0 Å². The van der Waals surface area contributed by atoms with Crippen LogP contribution in [0, 0.1) is 0 Å². The smallest absolute Gasteiger partial charge is 0.0862 e. The van der Waals surface area contributed by atoms with Crippen molar-refractivity contribution in [3.63, 3.8) is 0 Å². The van der Waals surface area contributed by atoms with Gasteiger partial charge in [0.05, 0.1) is 12.2 Å². The van der Waals surface area contributed by atoms with Crippen molar-refractivity contribution in [1.82, 2.24) is 14.8 Å². The molecular formula is C49H45N5. The third kappa shape index (κ3) is 6.42. The van der Waals surface area contributed by atoms with Crippen LogP contribution in [-0.2, 0) is 0 Å². The van der Waals surface area contributed by atoms with E-state index in [0.29, 0.717) is 0 Å². The highest BCUT2D eigenvalue weighted by molar-refractivity contribution is 6.11. The van der Waals surface area contributed by atoms with Gasteiger partial charge < -0.3 is 14.4 Å². The van der Waals surface area contributed by atoms with Crippen LogP contribution in [0.15, 0.2) is 188 Å². The molecule has 1 fully saturated rings. The highest BCUT2D eigenvalue weighted by Crippen LogP contribution is 2.43. The Labute approximate surface area is 318 Å². The molecule has 0 bridgehead atoms. The minimum atomic E-state index is 0.198. The van der Waals surface area contributed by atoms with E-state index in [1.165, 1.54) is 27.4 Å². The van der Waals surface area contributed by atoms with E-state index in [2.05, 4.69) is 220 Å². The zero-order valence-electron chi connectivity index (χ0n) is 30.7. The van der Waals surface area contributed by atoms with Crippen molar-refractivity contribution < 1.29 is 0 Å². The second-order valence-corrected chi connectivity index (χ2v) is 14.2. The summed E-state index contributed by atoms with van der Waals surface area (Å²) < 4.78 is 2.61. The van der Waals surface area contributed by atoms with Crippen LogP contribution in [0.1, 0.15) is 31.1 Å². The highest BCUT2D eigenvalue weighted by atomic mass is 15.3. The second kappa shape index (κ2) is 15.1. The molecule has 0 aliphatic carbocycles. The molecule has 266 valence electrons. The van der Waals surface area contributed by atoms with Gasteiger partial charge in [-0.3, -0.25) is 10.2 Å². The molecule has 1 aromatic heterocycles. The Balaban J connectivity index is 1.23. The summed E-state index contributed by atoms with van der Waals surface area (Å²) in [5.41, 5.74) is 10.6. The predicted molar refractivity (Wildman–Crippen MR) is 227 cm³/mol. The molecular weight excluding hydrogens is 659 g/mol. The molecule has 9 rings (SSSR count). The first-order valence-corrected chi connectivity index (χ1v) is 19.2. The van der Waals surface area contributed by atoms with Crippen LogP contribution in [0.5, 0.6) is 0 Å². The van der Waals surface area contributed by atoms with Crippen LogP contribution >= 0.6 is 0 Å². The van der Waals surface area contributed by atoms with Gasteiger partial charge in [0.15, 0.2) is 0 Å². The fraction of sp³-hybridized carbons (Fsp3) is 0.143. The van der Waals surface area contributed by atoms with E-state index in [-0.39, 0.29) is 12.2 Å². The lowest BCUT2D eigenvalue weighted by Gasteiger charge is -2.41. The Bertz CT molecular complexity index is 2230. The number of fused-ring (bicyclic) bond motifs is 3. The van der Waals surface area contributed by atoms with Crippen molar-refractivity contribution in [2.45, 2.75) is 25.6 Å². The Hall–Kier alpha value is -6.14. The van der Waals surface area contributed by atoms with Crippen LogP contribution < -0.4 is 15.1 Å². The van der Waals surface area contributed by atoms with Gasteiger partial charge in [-0.1, -0.05) is 110 Å². The number of nitrogens with one attached hydrogen (secondary N) is 1. The lowest BCUT2D eigenvalue weighted by atomic mass is 10.1. The van der Waals surface area contributed by atoms with Crippen LogP contribution in [0.2, 0.25) is 0 Å². The van der Waals surface area contributed by atoms with Crippen LogP contribution in [0.25, 0.3) is 21.8 Å². The summed E-state index contributed by atoms with van der Waals surface area (Å²) in [5.74, 6) is 0. The molecule has 0 saturated carbocycles. The fourth-order valence-corrected chi connectivity index (χ4v) is 8.37. The summed E-state index contributed by atoms with van der Waals surface area (Å²) in [6.07, 6.45) is 1.30. The average Bonchev–Trinajstić information content (AvgIpc) is 3.56. The summed E-state index contributed by atoms with van der Waals surface area (Å²) in [7, 11) is 0. The van der Waals surface area contributed by atoms with Gasteiger partial charge in [0.1, 0.15) is 0 Å². The number of hydrogen-bond donors (Lipinski definition) is 1. The maximum absolute atomic E-state index is 3.97. The Morgan fingerprint density at radius 1 is 0.500 bits per heavy atom. The van der Waals surface area contributed by atoms with Gasteiger partial charge in [0.25, 0.3) is 0 Å². The van der Waals surface area contributed by atoms with Crippen LogP contribution in [0.3, 0.4) is 0 Å². The normalized spacial score (nSPS) is 16.1. The van der Waals surface area contributed by atoms with Gasteiger partial charge in [-0.2, -0.15) is 0 Å². The maximum atomic E-state index is 3.97. The number of benzene rings is 7. The van der Waals surface area contributed by atoms with Crippen molar-refractivity contribution in [2.75, 3.05) is 29.4 Å². The van der Waals surface area contributed by atoms with Crippen molar-refractivity contribution >= 4 is 55.9 Å². The monoisotopic (exact) mass is 703 g/mol. The van der Waals surface area contributed by atoms with E-state index in [0.717, 1.165) is 60.2 Å². The number of anilines is 6. The lowest BCUT2D eigenvalue weighted by Crippen LogP contribution is -2.50. The van der Waals surface area contributed by atoms with Gasteiger partial charge >= 0.3 is 0 Å². The summed E-state index contributed by atoms with van der Waals surface area (Å²) in [6.45, 7) is 5.15. The molecule has 7 aromatic carbocycles. The molecule has 5 heteroatoms. The Morgan fingerprint density at radius 2 is 0.907 bits per heavy atom. The molecule has 5 nitrogen and oxygen atoms in total. The molecule has 54 heavy (non-hydrogen) atoms. The lowest BCUT2D eigenvalue weighted by molar-refractivity contribution is 0.0996. The predicted octanol–water partition coefficient (Wildman–Crippen LogP) is 12.3. The molecule has 1 N–H and O–H groups in total. The molecule has 0 amide bonds. The van der Waals surface area contributed by atoms with E-state index in [9.17, 15) is 0 Å². The molecule has 1 aliphatic rings. The van der Waals surface area contributed by atoms with Crippen LogP contribution in [0.4, 0.5) is 34.1 Å². The first-order chi connectivity index (χ1) is 26.8. The van der Waals surface area contributed by atoms with Gasteiger partial charge in [0.2, 0.25) is 0 Å². The molecule has 8 aromatic rings. The van der Waals surface area contributed by atoms with E-state index in [4.69, 9.17) is 0 Å². The van der Waals surface area contributed by atoms with E-state index >= 15 is 0 Å². The highest BCUT2D eigenvalue weighted by Gasteiger charge is 2.31. The van der Waals surface area contributed by atoms with E-state index in [1.54, 1.807) is 0 Å². The minimum Gasteiger partial charge on any atom is -0.335 e. The third-order valence-corrected chi connectivity index (χ3v) is 10.7. The third-order valence-electron chi connectivity index (χ3n) is 10.7. The summed E-state index contributed by atoms with van der Waals surface area (Å²) >= 11 is 0. The van der Waals surface area contributed by atoms with Crippen molar-refractivity contribution in [3.8, 4) is 0 Å². The summed E-state index contributed by atoms with van der Waals surface area (Å²) in [4.78, 5) is 7.35. The molecule has 2 unspecified atom stereocenters. The number of para-hydroxylation sites is 4. The number of hydrogen-bond acceptors (Lipinski definition) is 4. The fourth-order valence-electron chi connectivity index (χ4n) is 8.37. The van der Waals surface area contributed by atoms with Crippen molar-refractivity contribution in [1.29, 1.82) is 0 Å². The zero-order valence-corrected chi connectivity index (χ0v) is 30.7. The van der Waals surface area contributed by atoms with Gasteiger partial charge in [-0.05, 0) is 103 Å². The second-order valence-electron chi connectivity index (χ2n) is 14.2. The number of rotatable bonds is 10. The first-order valence-electron chi connectivity index (χ1n) is 19.2. The van der Waals surface area contributed by atoms with Crippen LogP contribution in [-0.4, -0.2) is 29.1 Å². The molecule has 0 radical (unpaired) electrons. The molecule has 1 saturated heterocycles. The van der Waals surface area contributed by atoms with E-state index < -0.39 is 0 Å². The van der Waals surface area contributed by atoms with Gasteiger partial charge in [0, 0.05) is 69.0 Å². The van der Waals surface area contributed by atoms with E-state index in [1.807, 2.05) is 0 Å². The number of nitrogens with zero attached hydrogens (tertiary/aromatic N) is 4. The quantitative estimate of drug-likeness (QED) is 0.153. The maximum Gasteiger partial charge on any atom is 0.0862 e. The molecule has 1 aliphatic heterocycles. The average molecular weight is 704 g/mol. The summed E-state index contributed by atoms with van der Waals surface area (Å²) in [6, 6.07) is 68.0. The SMILES string of the molecule is CCCN1CC(n2c3ccc(N(c4ccccc4)c4ccccc4)cc3c3cc(N(c4ccccc4)c4ccccc4)ccc32)CNC1c1ccccc1. The Kier molecular flexibility index (Phi) is 9.40. The molecule has 2 atom stereocenters. The summed E-state index contributed by atoms with van der Waals surface area (Å²) in [5, 5.41) is 6.46. The molecule has 0 spiro atoms. The van der Waals surface area contributed by atoms with Crippen molar-refractivity contribution in [2.24, 2.45) is 0 Å². The number of aromatic nitrogens is 1. The standard InChI is InChI=1S/C49H45N5/c1-2-32-51-36-44(35-50-49(51)37-18-8-3-9-19-37)54-47-30-28-42(52(38-20-10-4-11-21-38)39-22-12-5-13-23-39)33-45(47)46-34-43(29-31-48(46)54)53(40-24-14-6-15-25-40)41-26-16-7-17-27-41/h3-31,33-34,44,49-50H,2,32,35-36H2,1H3. The first kappa shape index (κ1) is 33.7. The minimum absolute atomic E-state index is 0.198. The topological polar surface area (TPSA) is 26.7 Å². The van der Waals surface area contributed by atoms with Gasteiger partial charge in [-0.15, -0.1) is 0 Å². The molecule has 2 heterocycles. The largest absolute Gasteiger partial charge is 0.335 e. The Morgan fingerprint density at radius 3 is 1.31 bits per heavy atom. The van der Waals surface area contributed by atoms with Crippen molar-refractivity contribution in [3.05, 3.63) is 194 Å². The zero-order chi connectivity index (χ0) is 36.3.